The summed E-state index contributed by atoms with van der Waals surface area (Å²) in [5.41, 5.74) is 2.52. The molecule has 1 amide bonds. The lowest BCUT2D eigenvalue weighted by Crippen LogP contribution is -2.38. The van der Waals surface area contributed by atoms with Crippen molar-refractivity contribution in [2.45, 2.75) is 51.0 Å². The molecule has 6 nitrogen and oxygen atoms in total. The fraction of sp³-hybridized carbons (Fsp3) is 0.286. The number of benzene rings is 4. The lowest BCUT2D eigenvalue weighted by molar-refractivity contribution is -0.253. The molecule has 0 bridgehead atoms. The molecule has 46 heavy (non-hydrogen) atoms. The number of carbonyl (C=O) groups is 1. The molecule has 2 N–H and O–H groups in total. The number of hydrogen-bond acceptors (Lipinski definition) is 5. The van der Waals surface area contributed by atoms with Crippen LogP contribution in [0.2, 0.25) is 0 Å². The van der Waals surface area contributed by atoms with Crippen LogP contribution in [0.4, 0.5) is 22.0 Å². The van der Waals surface area contributed by atoms with Gasteiger partial charge in [0.05, 0.1) is 18.8 Å². The summed E-state index contributed by atoms with van der Waals surface area (Å²) in [7, 11) is 2.03. The minimum atomic E-state index is -2.33. The second-order valence-electron chi connectivity index (χ2n) is 11.2. The Balaban J connectivity index is 1.30. The van der Waals surface area contributed by atoms with Gasteiger partial charge in [0, 0.05) is 31.1 Å². The van der Waals surface area contributed by atoms with Crippen molar-refractivity contribution >= 4 is 5.91 Å². The zero-order chi connectivity index (χ0) is 33.0. The Morgan fingerprint density at radius 3 is 2.00 bits per heavy atom. The quantitative estimate of drug-likeness (QED) is 0.111. The average Bonchev–Trinajstić information content (AvgIpc) is 3.09. The van der Waals surface area contributed by atoms with E-state index >= 15 is 0 Å². The first-order valence-corrected chi connectivity index (χ1v) is 14.7. The Morgan fingerprint density at radius 2 is 1.39 bits per heavy atom. The predicted octanol–water partition coefficient (Wildman–Crippen LogP) is 7.04. The molecule has 0 radical (unpaired) electrons. The van der Waals surface area contributed by atoms with Gasteiger partial charge >= 0.3 is 0 Å². The molecule has 1 aliphatic heterocycles. The van der Waals surface area contributed by atoms with E-state index in [-0.39, 0.29) is 31.4 Å². The van der Waals surface area contributed by atoms with Crippen LogP contribution in [-0.2, 0) is 22.6 Å². The van der Waals surface area contributed by atoms with E-state index in [1.54, 1.807) is 24.3 Å². The van der Waals surface area contributed by atoms with Crippen molar-refractivity contribution in [3.8, 4) is 0 Å². The number of aliphatic hydroxyl groups excluding tert-OH is 1. The Hall–Kier alpha value is -4.16. The molecule has 5 rings (SSSR count). The van der Waals surface area contributed by atoms with Gasteiger partial charge in [-0.3, -0.25) is 9.69 Å². The molecule has 1 aliphatic rings. The second kappa shape index (κ2) is 14.5. The highest BCUT2D eigenvalue weighted by molar-refractivity contribution is 5.94. The van der Waals surface area contributed by atoms with Crippen LogP contribution in [0.25, 0.3) is 0 Å². The third-order valence-electron chi connectivity index (χ3n) is 8.19. The summed E-state index contributed by atoms with van der Waals surface area (Å²) in [5.74, 6) is -12.6. The van der Waals surface area contributed by atoms with Crippen LogP contribution < -0.4 is 5.32 Å². The summed E-state index contributed by atoms with van der Waals surface area (Å²) in [6, 6.07) is 24.5. The number of amides is 1. The molecule has 242 valence electrons. The Kier molecular flexibility index (Phi) is 10.5. The Bertz CT molecular complexity index is 1630. The number of carbonyl (C=O) groups excluding carboxylic acids is 1. The number of ether oxygens (including phenoxy) is 2. The lowest BCUT2D eigenvalue weighted by Gasteiger charge is -2.39. The molecule has 4 aromatic carbocycles. The Labute approximate surface area is 263 Å². The molecular weight excluding hydrogens is 607 g/mol. The smallest absolute Gasteiger partial charge is 0.257 e. The van der Waals surface area contributed by atoms with Crippen LogP contribution in [0, 0.1) is 29.1 Å². The number of likely N-dealkylation sites (N-methyl/N-ethyl adjacent to an activating group) is 1. The minimum Gasteiger partial charge on any atom is -0.392 e. The molecule has 0 saturated carbocycles. The van der Waals surface area contributed by atoms with Crippen molar-refractivity contribution in [1.29, 1.82) is 0 Å². The summed E-state index contributed by atoms with van der Waals surface area (Å²) in [4.78, 5) is 14.6. The first-order chi connectivity index (χ1) is 22.1. The monoisotopic (exact) mass is 640 g/mol. The molecule has 1 fully saturated rings. The molecule has 4 unspecified atom stereocenters. The van der Waals surface area contributed by atoms with Gasteiger partial charge < -0.3 is 19.9 Å². The van der Waals surface area contributed by atoms with E-state index in [0.717, 1.165) is 11.1 Å². The van der Waals surface area contributed by atoms with Crippen molar-refractivity contribution in [3.63, 3.8) is 0 Å². The summed E-state index contributed by atoms with van der Waals surface area (Å²) in [5, 5.41) is 11.7. The van der Waals surface area contributed by atoms with E-state index < -0.39 is 46.8 Å². The van der Waals surface area contributed by atoms with E-state index in [0.29, 0.717) is 24.1 Å². The molecule has 0 aliphatic carbocycles. The number of halogens is 5. The molecule has 4 aromatic rings. The van der Waals surface area contributed by atoms with E-state index in [4.69, 9.17) is 9.47 Å². The summed E-state index contributed by atoms with van der Waals surface area (Å²) < 4.78 is 81.4. The highest BCUT2D eigenvalue weighted by Crippen LogP contribution is 2.38. The SMILES string of the molecule is CC(c1ccccc1)N(C)CC1CC(c2ccc(CO)cc2)OC(c2ccc(CNC(=O)c3c(F)c(F)c(F)c(F)c3F)cc2)O1. The van der Waals surface area contributed by atoms with Gasteiger partial charge in [-0.15, -0.1) is 0 Å². The summed E-state index contributed by atoms with van der Waals surface area (Å²) in [6.45, 7) is 2.43. The highest BCUT2D eigenvalue weighted by Gasteiger charge is 2.34. The van der Waals surface area contributed by atoms with Gasteiger partial charge in [0.2, 0.25) is 5.82 Å². The standard InChI is InChI=1S/C35H33F5N2O4/c1-20(23-6-4-3-5-7-23)42(2)18-26-16-27(24-12-10-22(19-43)11-13-24)46-35(45-26)25-14-8-21(9-15-25)17-41-34(44)28-29(36)31(38)33(40)32(39)30(28)37/h3-15,20,26-27,35,43H,16-19H2,1-2H3,(H,41,44). The molecule has 1 heterocycles. The van der Waals surface area contributed by atoms with E-state index in [1.165, 1.54) is 5.56 Å². The normalized spacial score (nSPS) is 18.8. The predicted molar refractivity (Wildman–Crippen MR) is 160 cm³/mol. The van der Waals surface area contributed by atoms with Gasteiger partial charge in [-0.05, 0) is 36.2 Å². The van der Waals surface area contributed by atoms with Crippen molar-refractivity contribution < 1.29 is 41.3 Å². The number of rotatable bonds is 10. The van der Waals surface area contributed by atoms with E-state index in [1.807, 2.05) is 49.5 Å². The van der Waals surface area contributed by atoms with Crippen molar-refractivity contribution in [2.75, 3.05) is 13.6 Å². The van der Waals surface area contributed by atoms with Crippen molar-refractivity contribution in [1.82, 2.24) is 10.2 Å². The van der Waals surface area contributed by atoms with Crippen LogP contribution in [0.1, 0.15) is 70.0 Å². The summed E-state index contributed by atoms with van der Waals surface area (Å²) >= 11 is 0. The van der Waals surface area contributed by atoms with Gasteiger partial charge in [0.15, 0.2) is 29.6 Å². The minimum absolute atomic E-state index is 0.0727. The fourth-order valence-electron chi connectivity index (χ4n) is 5.37. The number of hydrogen-bond donors (Lipinski definition) is 2. The second-order valence-corrected chi connectivity index (χ2v) is 11.2. The van der Waals surface area contributed by atoms with Crippen LogP contribution in [0.15, 0.2) is 78.9 Å². The number of nitrogens with zero attached hydrogens (tertiary/aromatic N) is 1. The van der Waals surface area contributed by atoms with Gasteiger partial charge in [0.25, 0.3) is 5.91 Å². The largest absolute Gasteiger partial charge is 0.392 e. The highest BCUT2D eigenvalue weighted by atomic mass is 19.2. The first-order valence-electron chi connectivity index (χ1n) is 14.7. The van der Waals surface area contributed by atoms with Gasteiger partial charge in [-0.25, -0.2) is 22.0 Å². The Morgan fingerprint density at radius 1 is 0.826 bits per heavy atom. The first kappa shape index (κ1) is 33.2. The number of aliphatic hydroxyl groups is 1. The molecule has 11 heteroatoms. The molecule has 1 saturated heterocycles. The fourth-order valence-corrected chi connectivity index (χ4v) is 5.37. The topological polar surface area (TPSA) is 71.0 Å². The maximum atomic E-state index is 14.0. The van der Waals surface area contributed by atoms with Crippen molar-refractivity contribution in [2.24, 2.45) is 0 Å². The number of nitrogens with one attached hydrogen (secondary N) is 1. The van der Waals surface area contributed by atoms with Crippen molar-refractivity contribution in [3.05, 3.63) is 141 Å². The maximum absolute atomic E-state index is 14.0. The zero-order valence-corrected chi connectivity index (χ0v) is 25.2. The molecule has 4 atom stereocenters. The third kappa shape index (κ3) is 7.28. The van der Waals surface area contributed by atoms with Gasteiger partial charge in [0.1, 0.15) is 5.56 Å². The zero-order valence-electron chi connectivity index (χ0n) is 25.2. The van der Waals surface area contributed by atoms with Crippen LogP contribution >= 0.6 is 0 Å². The van der Waals surface area contributed by atoms with E-state index in [9.17, 15) is 31.9 Å². The van der Waals surface area contributed by atoms with Crippen LogP contribution in [0.3, 0.4) is 0 Å². The average molecular weight is 641 g/mol. The lowest BCUT2D eigenvalue weighted by atomic mass is 9.99. The van der Waals surface area contributed by atoms with Crippen LogP contribution in [-0.4, -0.2) is 35.6 Å². The van der Waals surface area contributed by atoms with Gasteiger partial charge in [-0.1, -0.05) is 78.9 Å². The van der Waals surface area contributed by atoms with Gasteiger partial charge in [-0.2, -0.15) is 0 Å². The molecule has 0 aromatic heterocycles. The summed E-state index contributed by atoms with van der Waals surface area (Å²) in [6.07, 6.45) is -0.684. The maximum Gasteiger partial charge on any atom is 0.257 e. The van der Waals surface area contributed by atoms with E-state index in [2.05, 4.69) is 29.3 Å². The third-order valence-corrected chi connectivity index (χ3v) is 8.19. The van der Waals surface area contributed by atoms with Crippen LogP contribution in [0.5, 0.6) is 0 Å². The molecule has 0 spiro atoms. The molecular formula is C35H33F5N2O4.